The molecule has 25 heavy (non-hydrogen) atoms. The minimum atomic E-state index is -1.19. The van der Waals surface area contributed by atoms with Crippen molar-refractivity contribution in [3.8, 4) is 5.75 Å². The van der Waals surface area contributed by atoms with E-state index in [4.69, 9.17) is 9.84 Å². The summed E-state index contributed by atoms with van der Waals surface area (Å²) in [6.45, 7) is 1.22. The van der Waals surface area contributed by atoms with Crippen molar-refractivity contribution in [1.29, 1.82) is 0 Å². The maximum absolute atomic E-state index is 12.5. The number of hydrogen-bond acceptors (Lipinski definition) is 6. The molecule has 2 rings (SSSR count). The third-order valence-electron chi connectivity index (χ3n) is 3.56. The molecule has 0 spiro atoms. The molecule has 0 bridgehead atoms. The number of aliphatic carboxylic acids is 1. The summed E-state index contributed by atoms with van der Waals surface area (Å²) in [6, 6.07) is 5.47. The number of rotatable bonds is 7. The number of hydrogen-bond donors (Lipinski definition) is 2. The number of carboxylic acids is 1. The minimum absolute atomic E-state index is 0.00937. The van der Waals surface area contributed by atoms with E-state index in [0.717, 1.165) is 16.7 Å². The lowest BCUT2D eigenvalue weighted by Gasteiger charge is -2.17. The number of amides is 3. The number of ether oxygens (including phenoxy) is 1. The zero-order valence-electron chi connectivity index (χ0n) is 13.7. The molecule has 1 heterocycles. The average Bonchev–Trinajstić information content (AvgIpc) is 2.84. The summed E-state index contributed by atoms with van der Waals surface area (Å²) < 4.78 is 5.09. The van der Waals surface area contributed by atoms with Gasteiger partial charge in [0, 0.05) is 25.2 Å². The molecule has 134 valence electrons. The third-order valence-corrected chi connectivity index (χ3v) is 4.85. The Morgan fingerprint density at radius 1 is 1.44 bits per heavy atom. The van der Waals surface area contributed by atoms with E-state index in [1.807, 2.05) is 0 Å². The Bertz CT molecular complexity index is 708. The highest BCUT2D eigenvalue weighted by molar-refractivity contribution is 8.00. The predicted molar refractivity (Wildman–Crippen MR) is 91.6 cm³/mol. The van der Waals surface area contributed by atoms with Crippen LogP contribution >= 0.6 is 11.8 Å². The molecule has 1 aromatic carbocycles. The molecule has 1 aliphatic rings. The topological polar surface area (TPSA) is 113 Å². The SMILES string of the molecule is COc1cccc(N2C(=O)CC(SCC(NC(C)=O)C(=O)O)C2=O)c1. The molecule has 2 N–H and O–H groups in total. The Morgan fingerprint density at radius 2 is 2.16 bits per heavy atom. The highest BCUT2D eigenvalue weighted by atomic mass is 32.2. The summed E-state index contributed by atoms with van der Waals surface area (Å²) in [5.41, 5.74) is 0.411. The van der Waals surface area contributed by atoms with Gasteiger partial charge in [0.25, 0.3) is 0 Å². The predicted octanol–water partition coefficient (Wildman–Crippen LogP) is 0.650. The maximum Gasteiger partial charge on any atom is 0.327 e. The Morgan fingerprint density at radius 3 is 2.76 bits per heavy atom. The first-order chi connectivity index (χ1) is 11.8. The first-order valence-electron chi connectivity index (χ1n) is 7.46. The summed E-state index contributed by atoms with van der Waals surface area (Å²) in [5, 5.41) is 10.7. The number of carboxylic acid groups (broad SMARTS) is 1. The van der Waals surface area contributed by atoms with Gasteiger partial charge in [0.05, 0.1) is 18.0 Å². The molecule has 2 atom stereocenters. The average molecular weight is 366 g/mol. The van der Waals surface area contributed by atoms with Gasteiger partial charge in [-0.05, 0) is 12.1 Å². The van der Waals surface area contributed by atoms with Crippen molar-refractivity contribution in [1.82, 2.24) is 5.32 Å². The Hall–Kier alpha value is -2.55. The van der Waals surface area contributed by atoms with Crippen molar-refractivity contribution >= 4 is 41.1 Å². The molecular formula is C16H18N2O6S. The Kier molecular flexibility index (Phi) is 6.02. The van der Waals surface area contributed by atoms with E-state index in [0.29, 0.717) is 11.4 Å². The molecule has 0 radical (unpaired) electrons. The lowest BCUT2D eigenvalue weighted by atomic mass is 10.3. The molecule has 0 aliphatic carbocycles. The molecule has 0 saturated carbocycles. The lowest BCUT2D eigenvalue weighted by molar-refractivity contribution is -0.140. The van der Waals surface area contributed by atoms with Crippen LogP contribution in [0.4, 0.5) is 5.69 Å². The molecule has 2 unspecified atom stereocenters. The molecular weight excluding hydrogens is 348 g/mol. The van der Waals surface area contributed by atoms with Gasteiger partial charge in [-0.25, -0.2) is 9.69 Å². The van der Waals surface area contributed by atoms with E-state index < -0.39 is 29.1 Å². The largest absolute Gasteiger partial charge is 0.497 e. The summed E-state index contributed by atoms with van der Waals surface area (Å²) in [4.78, 5) is 48.0. The normalized spacial score (nSPS) is 18.2. The summed E-state index contributed by atoms with van der Waals surface area (Å²) >= 11 is 1.04. The van der Waals surface area contributed by atoms with Crippen LogP contribution in [0.3, 0.4) is 0 Å². The number of anilines is 1. The van der Waals surface area contributed by atoms with Crippen LogP contribution in [0, 0.1) is 0 Å². The van der Waals surface area contributed by atoms with Gasteiger partial charge in [-0.15, -0.1) is 11.8 Å². The van der Waals surface area contributed by atoms with Crippen LogP contribution < -0.4 is 15.0 Å². The van der Waals surface area contributed by atoms with Gasteiger partial charge in [-0.3, -0.25) is 14.4 Å². The zero-order valence-corrected chi connectivity index (χ0v) is 14.5. The molecule has 3 amide bonds. The van der Waals surface area contributed by atoms with Crippen molar-refractivity contribution in [2.45, 2.75) is 24.6 Å². The van der Waals surface area contributed by atoms with Gasteiger partial charge in [0.1, 0.15) is 11.8 Å². The Labute approximate surface area is 148 Å². The van der Waals surface area contributed by atoms with Crippen LogP contribution in [0.15, 0.2) is 24.3 Å². The van der Waals surface area contributed by atoms with Crippen LogP contribution in [-0.4, -0.2) is 53.0 Å². The Balaban J connectivity index is 2.07. The minimum Gasteiger partial charge on any atom is -0.497 e. The third kappa shape index (κ3) is 4.50. The van der Waals surface area contributed by atoms with E-state index in [1.165, 1.54) is 14.0 Å². The number of nitrogens with zero attached hydrogens (tertiary/aromatic N) is 1. The van der Waals surface area contributed by atoms with Crippen LogP contribution in [0.2, 0.25) is 0 Å². The van der Waals surface area contributed by atoms with Gasteiger partial charge >= 0.3 is 5.97 Å². The second-order valence-electron chi connectivity index (χ2n) is 5.39. The van der Waals surface area contributed by atoms with Gasteiger partial charge < -0.3 is 15.2 Å². The number of carbonyl (C=O) groups is 4. The quantitative estimate of drug-likeness (QED) is 0.681. The fourth-order valence-corrected chi connectivity index (χ4v) is 3.55. The number of benzene rings is 1. The van der Waals surface area contributed by atoms with E-state index >= 15 is 0 Å². The van der Waals surface area contributed by atoms with Gasteiger partial charge in [-0.1, -0.05) is 6.07 Å². The van der Waals surface area contributed by atoms with Crippen LogP contribution in [0.5, 0.6) is 5.75 Å². The molecule has 1 aromatic rings. The van der Waals surface area contributed by atoms with Crippen molar-refractivity contribution in [3.63, 3.8) is 0 Å². The molecule has 1 saturated heterocycles. The number of carbonyl (C=O) groups excluding carboxylic acids is 3. The van der Waals surface area contributed by atoms with Gasteiger partial charge in [0.15, 0.2) is 0 Å². The van der Waals surface area contributed by atoms with E-state index in [9.17, 15) is 19.2 Å². The standard InChI is InChI=1S/C16H18N2O6S/c1-9(19)17-12(16(22)23)8-25-13-7-14(20)18(15(13)21)10-4-3-5-11(6-10)24-2/h3-6,12-13H,7-8H2,1-2H3,(H,17,19)(H,22,23). The first kappa shape index (κ1) is 18.8. The highest BCUT2D eigenvalue weighted by Gasteiger charge is 2.40. The van der Waals surface area contributed by atoms with Gasteiger partial charge in [0.2, 0.25) is 17.7 Å². The second kappa shape index (κ2) is 8.02. The number of methoxy groups -OCH3 is 1. The van der Waals surface area contributed by atoms with Crippen molar-refractivity contribution in [3.05, 3.63) is 24.3 Å². The smallest absolute Gasteiger partial charge is 0.327 e. The van der Waals surface area contributed by atoms with Crippen molar-refractivity contribution < 1.29 is 29.0 Å². The van der Waals surface area contributed by atoms with Crippen molar-refractivity contribution in [2.24, 2.45) is 0 Å². The second-order valence-corrected chi connectivity index (χ2v) is 6.62. The zero-order chi connectivity index (χ0) is 18.6. The highest BCUT2D eigenvalue weighted by Crippen LogP contribution is 2.31. The summed E-state index contributed by atoms with van der Waals surface area (Å²) in [6.07, 6.45) is -0.0207. The van der Waals surface area contributed by atoms with E-state index in [2.05, 4.69) is 5.32 Å². The van der Waals surface area contributed by atoms with Crippen LogP contribution in [-0.2, 0) is 19.2 Å². The number of nitrogens with one attached hydrogen (secondary N) is 1. The fourth-order valence-electron chi connectivity index (χ4n) is 2.39. The first-order valence-corrected chi connectivity index (χ1v) is 8.50. The summed E-state index contributed by atoms with van der Waals surface area (Å²) in [5.74, 6) is -1.92. The summed E-state index contributed by atoms with van der Waals surface area (Å²) in [7, 11) is 1.49. The maximum atomic E-state index is 12.5. The number of imide groups is 1. The fraction of sp³-hybridized carbons (Fsp3) is 0.375. The van der Waals surface area contributed by atoms with Crippen LogP contribution in [0.1, 0.15) is 13.3 Å². The molecule has 0 aromatic heterocycles. The molecule has 1 aliphatic heterocycles. The van der Waals surface area contributed by atoms with E-state index in [1.54, 1.807) is 24.3 Å². The molecule has 1 fully saturated rings. The lowest BCUT2D eigenvalue weighted by Crippen LogP contribution is -2.42. The molecule has 8 nitrogen and oxygen atoms in total. The van der Waals surface area contributed by atoms with Crippen LogP contribution in [0.25, 0.3) is 0 Å². The number of thioether (sulfide) groups is 1. The van der Waals surface area contributed by atoms with E-state index in [-0.39, 0.29) is 18.1 Å². The molecule has 9 heteroatoms. The van der Waals surface area contributed by atoms with Gasteiger partial charge in [-0.2, -0.15) is 0 Å². The monoisotopic (exact) mass is 366 g/mol. The van der Waals surface area contributed by atoms with Crippen molar-refractivity contribution in [2.75, 3.05) is 17.8 Å².